The molecule has 9 heteroatoms. The number of fused-ring (bicyclic) bond motifs is 1. The summed E-state index contributed by atoms with van der Waals surface area (Å²) in [7, 11) is 0. The van der Waals surface area contributed by atoms with Crippen molar-refractivity contribution in [3.63, 3.8) is 0 Å². The van der Waals surface area contributed by atoms with E-state index >= 15 is 0 Å². The number of carbonyl (C=O) groups is 1. The first-order valence-electron chi connectivity index (χ1n) is 9.76. The Morgan fingerprint density at radius 3 is 2.91 bits per heavy atom. The Bertz CT molecular complexity index is 1280. The second kappa shape index (κ2) is 8.56. The fourth-order valence-electron chi connectivity index (χ4n) is 3.12. The predicted octanol–water partition coefficient (Wildman–Crippen LogP) is 5.60. The third kappa shape index (κ3) is 4.33. The molecule has 0 aliphatic carbocycles. The number of nitrogens with one attached hydrogen (secondary N) is 2. The Kier molecular flexibility index (Phi) is 5.30. The Morgan fingerprint density at radius 1 is 1.12 bits per heavy atom. The van der Waals surface area contributed by atoms with Crippen molar-refractivity contribution >= 4 is 33.9 Å². The van der Waals surface area contributed by atoms with Gasteiger partial charge in [-0.15, -0.1) is 11.3 Å². The topological polar surface area (TPSA) is 94.6 Å². The highest BCUT2D eigenvalue weighted by Gasteiger charge is 2.15. The average molecular weight is 446 g/mol. The van der Waals surface area contributed by atoms with Crippen molar-refractivity contribution in [1.29, 1.82) is 0 Å². The summed E-state index contributed by atoms with van der Waals surface area (Å²) in [5.74, 6) is 1.54. The Morgan fingerprint density at radius 2 is 2.03 bits per heavy atom. The number of hydrogen-bond donors (Lipinski definition) is 2. The van der Waals surface area contributed by atoms with Crippen molar-refractivity contribution < 1.29 is 19.0 Å². The lowest BCUT2D eigenvalue weighted by Crippen LogP contribution is -2.16. The molecule has 1 aliphatic rings. The van der Waals surface area contributed by atoms with Gasteiger partial charge in [-0.25, -0.2) is 9.78 Å². The Labute approximate surface area is 187 Å². The van der Waals surface area contributed by atoms with Crippen LogP contribution in [0.4, 0.5) is 21.3 Å². The van der Waals surface area contributed by atoms with E-state index in [1.165, 1.54) is 11.3 Å². The molecule has 0 bridgehead atoms. The molecule has 2 aromatic heterocycles. The second-order valence-corrected chi connectivity index (χ2v) is 7.82. The highest BCUT2D eigenvalue weighted by molar-refractivity contribution is 7.14. The molecule has 0 unspecified atom stereocenters. The molecule has 0 fully saturated rings. The van der Waals surface area contributed by atoms with Crippen molar-refractivity contribution in [2.75, 3.05) is 17.4 Å². The Hall–Kier alpha value is -4.11. The SMILES string of the molecule is Cc1ccc(NC(=O)Oc2ccc3c(c2)OCO3)cc1Nc1nc(-c2cccnc2)cs1. The molecule has 5 rings (SSSR count). The zero-order chi connectivity index (χ0) is 21.9. The van der Waals surface area contributed by atoms with Crippen LogP contribution in [0.2, 0.25) is 0 Å². The van der Waals surface area contributed by atoms with Gasteiger partial charge in [-0.2, -0.15) is 0 Å². The molecule has 1 aliphatic heterocycles. The van der Waals surface area contributed by atoms with E-state index in [1.54, 1.807) is 30.6 Å². The van der Waals surface area contributed by atoms with Gasteiger partial charge in [0.05, 0.1) is 5.69 Å². The summed E-state index contributed by atoms with van der Waals surface area (Å²) in [5.41, 5.74) is 4.24. The zero-order valence-corrected chi connectivity index (χ0v) is 17.8. The summed E-state index contributed by atoms with van der Waals surface area (Å²) in [5, 5.41) is 8.78. The first kappa shape index (κ1) is 19.8. The van der Waals surface area contributed by atoms with Crippen LogP contribution in [-0.2, 0) is 0 Å². The second-order valence-electron chi connectivity index (χ2n) is 6.96. The molecule has 8 nitrogen and oxygen atoms in total. The lowest BCUT2D eigenvalue weighted by atomic mass is 10.2. The molecule has 0 saturated carbocycles. The van der Waals surface area contributed by atoms with E-state index in [9.17, 15) is 4.79 Å². The fourth-order valence-corrected chi connectivity index (χ4v) is 3.85. The molecule has 160 valence electrons. The summed E-state index contributed by atoms with van der Waals surface area (Å²) >= 11 is 1.50. The van der Waals surface area contributed by atoms with Gasteiger partial charge in [0.1, 0.15) is 5.75 Å². The van der Waals surface area contributed by atoms with Gasteiger partial charge in [0.2, 0.25) is 6.79 Å². The van der Waals surface area contributed by atoms with Gasteiger partial charge in [-0.3, -0.25) is 10.3 Å². The quantitative estimate of drug-likeness (QED) is 0.412. The van der Waals surface area contributed by atoms with Crippen molar-refractivity contribution in [3.8, 4) is 28.5 Å². The van der Waals surface area contributed by atoms with E-state index in [0.29, 0.717) is 22.9 Å². The zero-order valence-electron chi connectivity index (χ0n) is 17.0. The number of nitrogens with zero attached hydrogens (tertiary/aromatic N) is 2. The highest BCUT2D eigenvalue weighted by Crippen LogP contribution is 2.35. The van der Waals surface area contributed by atoms with Gasteiger partial charge in [0.25, 0.3) is 0 Å². The number of amides is 1. The lowest BCUT2D eigenvalue weighted by molar-refractivity contribution is 0.174. The van der Waals surface area contributed by atoms with Gasteiger partial charge in [0.15, 0.2) is 16.6 Å². The van der Waals surface area contributed by atoms with Crippen LogP contribution in [0.3, 0.4) is 0 Å². The molecule has 1 amide bonds. The lowest BCUT2D eigenvalue weighted by Gasteiger charge is -2.11. The summed E-state index contributed by atoms with van der Waals surface area (Å²) in [6.45, 7) is 2.14. The van der Waals surface area contributed by atoms with E-state index in [0.717, 1.165) is 27.6 Å². The number of rotatable bonds is 5. The predicted molar refractivity (Wildman–Crippen MR) is 122 cm³/mol. The summed E-state index contributed by atoms with van der Waals surface area (Å²) in [4.78, 5) is 21.1. The number of aromatic nitrogens is 2. The number of carbonyl (C=O) groups excluding carboxylic acids is 1. The first-order chi connectivity index (χ1) is 15.6. The number of pyridine rings is 1. The monoisotopic (exact) mass is 446 g/mol. The van der Waals surface area contributed by atoms with Gasteiger partial charge < -0.3 is 19.5 Å². The van der Waals surface area contributed by atoms with Crippen LogP contribution >= 0.6 is 11.3 Å². The van der Waals surface area contributed by atoms with E-state index in [2.05, 4.69) is 20.6 Å². The number of hydrogen-bond acceptors (Lipinski definition) is 8. The number of anilines is 3. The molecular formula is C23H18N4O4S. The molecule has 0 atom stereocenters. The molecular weight excluding hydrogens is 428 g/mol. The van der Waals surface area contributed by atoms with Crippen LogP contribution in [-0.4, -0.2) is 22.9 Å². The normalized spacial score (nSPS) is 11.8. The van der Waals surface area contributed by atoms with Crippen molar-refractivity contribution in [1.82, 2.24) is 9.97 Å². The van der Waals surface area contributed by atoms with Crippen LogP contribution in [0.1, 0.15) is 5.56 Å². The maximum Gasteiger partial charge on any atom is 0.417 e. The molecule has 3 heterocycles. The molecule has 0 saturated heterocycles. The maximum absolute atomic E-state index is 12.4. The van der Waals surface area contributed by atoms with Crippen molar-refractivity contribution in [3.05, 3.63) is 71.9 Å². The number of ether oxygens (including phenoxy) is 3. The first-order valence-corrected chi connectivity index (χ1v) is 10.6. The smallest absolute Gasteiger partial charge is 0.417 e. The minimum absolute atomic E-state index is 0.160. The summed E-state index contributed by atoms with van der Waals surface area (Å²) in [6, 6.07) is 14.4. The van der Waals surface area contributed by atoms with Crippen LogP contribution in [0.5, 0.6) is 17.2 Å². The molecule has 0 spiro atoms. The minimum atomic E-state index is -0.605. The average Bonchev–Trinajstić information content (AvgIpc) is 3.46. The van der Waals surface area contributed by atoms with Crippen LogP contribution in [0, 0.1) is 6.92 Å². The number of aryl methyl sites for hydroxylation is 1. The summed E-state index contributed by atoms with van der Waals surface area (Å²) in [6.07, 6.45) is 2.90. The highest BCUT2D eigenvalue weighted by atomic mass is 32.1. The Balaban J connectivity index is 1.26. The van der Waals surface area contributed by atoms with E-state index in [1.807, 2.05) is 42.6 Å². The van der Waals surface area contributed by atoms with Crippen LogP contribution < -0.4 is 24.8 Å². The van der Waals surface area contributed by atoms with Gasteiger partial charge in [0, 0.05) is 40.8 Å². The fraction of sp³-hybridized carbons (Fsp3) is 0.0870. The van der Waals surface area contributed by atoms with Gasteiger partial charge in [-0.05, 0) is 48.9 Å². The molecule has 0 radical (unpaired) electrons. The van der Waals surface area contributed by atoms with E-state index in [4.69, 9.17) is 14.2 Å². The third-order valence-electron chi connectivity index (χ3n) is 4.74. The van der Waals surface area contributed by atoms with Gasteiger partial charge in [-0.1, -0.05) is 6.07 Å². The van der Waals surface area contributed by atoms with E-state index in [-0.39, 0.29) is 6.79 Å². The molecule has 2 aromatic carbocycles. The van der Waals surface area contributed by atoms with Crippen molar-refractivity contribution in [2.24, 2.45) is 0 Å². The number of thiazole rings is 1. The van der Waals surface area contributed by atoms with Crippen LogP contribution in [0.15, 0.2) is 66.3 Å². The largest absolute Gasteiger partial charge is 0.454 e. The molecule has 32 heavy (non-hydrogen) atoms. The molecule has 2 N–H and O–H groups in total. The minimum Gasteiger partial charge on any atom is -0.454 e. The van der Waals surface area contributed by atoms with Crippen LogP contribution in [0.25, 0.3) is 11.3 Å². The van der Waals surface area contributed by atoms with Crippen molar-refractivity contribution in [2.45, 2.75) is 6.92 Å². The third-order valence-corrected chi connectivity index (χ3v) is 5.50. The molecule has 4 aromatic rings. The van der Waals surface area contributed by atoms with E-state index < -0.39 is 6.09 Å². The number of benzene rings is 2. The maximum atomic E-state index is 12.4. The van der Waals surface area contributed by atoms with Gasteiger partial charge >= 0.3 is 6.09 Å². The summed E-state index contributed by atoms with van der Waals surface area (Å²) < 4.78 is 15.9. The standard InChI is InChI=1S/C23H18N4O4S/c1-14-4-5-16(25-23(28)31-17-6-7-20-21(10-17)30-13-29-20)9-18(14)26-22-27-19(12-32-22)15-3-2-8-24-11-15/h2-12H,13H2,1H3,(H,25,28)(H,26,27).